The van der Waals surface area contributed by atoms with Crippen molar-refractivity contribution in [2.75, 3.05) is 6.54 Å². The highest BCUT2D eigenvalue weighted by atomic mass is 35.5. The van der Waals surface area contributed by atoms with E-state index < -0.39 is 0 Å². The molecule has 0 spiro atoms. The van der Waals surface area contributed by atoms with Crippen molar-refractivity contribution in [2.24, 2.45) is 5.92 Å². The molecule has 28 heavy (non-hydrogen) atoms. The van der Waals surface area contributed by atoms with Crippen molar-refractivity contribution >= 4 is 22.6 Å². The largest absolute Gasteiger partial charge is 0.459 e. The molecular formula is C24H28ClNO2. The molecule has 0 radical (unpaired) electrons. The van der Waals surface area contributed by atoms with Gasteiger partial charge >= 0.3 is 0 Å². The lowest BCUT2D eigenvalue weighted by molar-refractivity contribution is 0.341. The highest BCUT2D eigenvalue weighted by Gasteiger charge is 2.25. The Bertz CT molecular complexity index is 979. The monoisotopic (exact) mass is 397 g/mol. The number of rotatable bonds is 8. The first-order valence-corrected chi connectivity index (χ1v) is 10.4. The predicted molar refractivity (Wildman–Crippen MR) is 117 cm³/mol. The summed E-state index contributed by atoms with van der Waals surface area (Å²) >= 11 is 6.16. The topological polar surface area (TPSA) is 42.2 Å². The van der Waals surface area contributed by atoms with Crippen molar-refractivity contribution < 1.29 is 4.42 Å². The summed E-state index contributed by atoms with van der Waals surface area (Å²) < 4.78 is 6.33. The molecule has 1 unspecified atom stereocenters. The zero-order valence-corrected chi connectivity index (χ0v) is 17.6. The van der Waals surface area contributed by atoms with Crippen LogP contribution in [0.4, 0.5) is 0 Å². The number of unbranched alkanes of at least 4 members (excludes halogenated alkanes) is 1. The molecule has 4 heteroatoms. The van der Waals surface area contributed by atoms with E-state index in [1.165, 1.54) is 0 Å². The Morgan fingerprint density at radius 3 is 2.54 bits per heavy atom. The van der Waals surface area contributed by atoms with Gasteiger partial charge in [0, 0.05) is 23.1 Å². The van der Waals surface area contributed by atoms with Crippen LogP contribution in [0.15, 0.2) is 57.7 Å². The van der Waals surface area contributed by atoms with E-state index in [1.807, 2.05) is 30.3 Å². The van der Waals surface area contributed by atoms with Gasteiger partial charge in [0.15, 0.2) is 5.43 Å². The fourth-order valence-electron chi connectivity index (χ4n) is 3.51. The third-order valence-corrected chi connectivity index (χ3v) is 5.28. The zero-order valence-electron chi connectivity index (χ0n) is 16.8. The first-order valence-electron chi connectivity index (χ1n) is 10.0. The maximum Gasteiger partial charge on any atom is 0.196 e. The van der Waals surface area contributed by atoms with E-state index in [9.17, 15) is 4.79 Å². The first-order chi connectivity index (χ1) is 13.5. The van der Waals surface area contributed by atoms with Gasteiger partial charge in [0.25, 0.3) is 0 Å². The maximum atomic E-state index is 13.4. The Balaban J connectivity index is 2.16. The van der Waals surface area contributed by atoms with Crippen molar-refractivity contribution in [1.82, 2.24) is 5.32 Å². The molecular weight excluding hydrogens is 370 g/mol. The molecule has 3 nitrogen and oxygen atoms in total. The molecule has 1 aromatic heterocycles. The van der Waals surface area contributed by atoms with E-state index in [0.29, 0.717) is 22.4 Å². The van der Waals surface area contributed by atoms with Crippen LogP contribution in [-0.2, 0) is 6.42 Å². The van der Waals surface area contributed by atoms with Crippen molar-refractivity contribution in [3.63, 3.8) is 0 Å². The first kappa shape index (κ1) is 20.6. The smallest absolute Gasteiger partial charge is 0.196 e. The van der Waals surface area contributed by atoms with Gasteiger partial charge in [-0.2, -0.15) is 0 Å². The SMILES string of the molecule is CCCCNC(c1oc2cc(Cl)ccc2c(=O)c1Cc1ccccc1)C(C)C. The van der Waals surface area contributed by atoms with Crippen molar-refractivity contribution in [3.05, 3.63) is 80.7 Å². The molecule has 0 saturated carbocycles. The number of fused-ring (bicyclic) bond motifs is 1. The molecule has 0 amide bonds. The van der Waals surface area contributed by atoms with Crippen molar-refractivity contribution in [1.29, 1.82) is 0 Å². The van der Waals surface area contributed by atoms with E-state index in [0.717, 1.165) is 36.3 Å². The zero-order chi connectivity index (χ0) is 20.1. The third kappa shape index (κ3) is 4.65. The van der Waals surface area contributed by atoms with E-state index in [-0.39, 0.29) is 17.4 Å². The predicted octanol–water partition coefficient (Wildman–Crippen LogP) is 6.12. The van der Waals surface area contributed by atoms with Crippen LogP contribution in [-0.4, -0.2) is 6.54 Å². The molecule has 0 aliphatic rings. The number of halogens is 1. The van der Waals surface area contributed by atoms with E-state index >= 15 is 0 Å². The van der Waals surface area contributed by atoms with E-state index in [2.05, 4.69) is 26.1 Å². The average Bonchev–Trinajstić information content (AvgIpc) is 2.68. The van der Waals surface area contributed by atoms with Gasteiger partial charge in [0.1, 0.15) is 11.3 Å². The quantitative estimate of drug-likeness (QED) is 0.465. The summed E-state index contributed by atoms with van der Waals surface area (Å²) in [5.41, 5.74) is 2.40. The molecule has 0 saturated heterocycles. The number of nitrogens with one attached hydrogen (secondary N) is 1. The Morgan fingerprint density at radius 1 is 1.11 bits per heavy atom. The Kier molecular flexibility index (Phi) is 6.93. The molecule has 3 aromatic rings. The second-order valence-electron chi connectivity index (χ2n) is 7.61. The number of hydrogen-bond acceptors (Lipinski definition) is 3. The molecule has 1 atom stereocenters. The number of benzene rings is 2. The Morgan fingerprint density at radius 2 is 1.86 bits per heavy atom. The Hall–Kier alpha value is -2.10. The van der Waals surface area contributed by atoms with Crippen LogP contribution in [0.5, 0.6) is 0 Å². The fraction of sp³-hybridized carbons (Fsp3) is 0.375. The molecule has 0 aliphatic heterocycles. The normalized spacial score (nSPS) is 12.6. The summed E-state index contributed by atoms with van der Waals surface area (Å²) in [5, 5.41) is 4.75. The summed E-state index contributed by atoms with van der Waals surface area (Å²) in [7, 11) is 0. The van der Waals surface area contributed by atoms with Crippen LogP contribution in [0.3, 0.4) is 0 Å². The fourth-order valence-corrected chi connectivity index (χ4v) is 3.67. The molecule has 148 valence electrons. The van der Waals surface area contributed by atoms with Crippen LogP contribution in [0.25, 0.3) is 11.0 Å². The van der Waals surface area contributed by atoms with Gasteiger partial charge in [0.2, 0.25) is 0 Å². The van der Waals surface area contributed by atoms with Crippen LogP contribution < -0.4 is 10.7 Å². The molecule has 0 aliphatic carbocycles. The van der Waals surface area contributed by atoms with Gasteiger partial charge in [0.05, 0.1) is 11.4 Å². The Labute approximate surface area is 171 Å². The molecule has 0 fully saturated rings. The highest BCUT2D eigenvalue weighted by molar-refractivity contribution is 6.31. The van der Waals surface area contributed by atoms with Crippen molar-refractivity contribution in [2.45, 2.75) is 46.1 Å². The minimum absolute atomic E-state index is 0.0265. The molecule has 0 bridgehead atoms. The van der Waals surface area contributed by atoms with E-state index in [1.54, 1.807) is 18.2 Å². The van der Waals surface area contributed by atoms with Gasteiger partial charge in [-0.3, -0.25) is 4.79 Å². The summed E-state index contributed by atoms with van der Waals surface area (Å²) in [4.78, 5) is 13.4. The summed E-state index contributed by atoms with van der Waals surface area (Å²) in [6.07, 6.45) is 2.75. The van der Waals surface area contributed by atoms with Gasteiger partial charge in [-0.15, -0.1) is 0 Å². The maximum absolute atomic E-state index is 13.4. The summed E-state index contributed by atoms with van der Waals surface area (Å²) in [6, 6.07) is 15.3. The van der Waals surface area contributed by atoms with Gasteiger partial charge in [-0.05, 0) is 36.6 Å². The molecule has 1 heterocycles. The van der Waals surface area contributed by atoms with Gasteiger partial charge in [-0.25, -0.2) is 0 Å². The van der Waals surface area contributed by atoms with Crippen molar-refractivity contribution in [3.8, 4) is 0 Å². The second kappa shape index (κ2) is 9.40. The minimum atomic E-state index is -0.0265. The molecule has 3 rings (SSSR count). The molecule has 1 N–H and O–H groups in total. The second-order valence-corrected chi connectivity index (χ2v) is 8.04. The molecule has 2 aromatic carbocycles. The van der Waals surface area contributed by atoms with Crippen LogP contribution in [0.2, 0.25) is 5.02 Å². The summed E-state index contributed by atoms with van der Waals surface area (Å²) in [5.74, 6) is 1.01. The van der Waals surface area contributed by atoms with Crippen LogP contribution >= 0.6 is 11.6 Å². The third-order valence-electron chi connectivity index (χ3n) is 5.05. The lowest BCUT2D eigenvalue weighted by Gasteiger charge is -2.24. The minimum Gasteiger partial charge on any atom is -0.459 e. The standard InChI is InChI=1S/C24H28ClNO2/c1-4-5-13-26-22(16(2)3)24-20(14-17-9-7-6-8-10-17)23(27)19-12-11-18(25)15-21(19)28-24/h6-12,15-16,22,26H,4-5,13-14H2,1-3H3. The van der Waals surface area contributed by atoms with E-state index in [4.69, 9.17) is 16.0 Å². The van der Waals surface area contributed by atoms with Gasteiger partial charge < -0.3 is 9.73 Å². The van der Waals surface area contributed by atoms with Crippen LogP contribution in [0.1, 0.15) is 56.5 Å². The number of hydrogen-bond donors (Lipinski definition) is 1. The van der Waals surface area contributed by atoms with Gasteiger partial charge in [-0.1, -0.05) is 69.1 Å². The average molecular weight is 398 g/mol. The highest BCUT2D eigenvalue weighted by Crippen LogP contribution is 2.29. The lowest BCUT2D eigenvalue weighted by Crippen LogP contribution is -2.29. The lowest BCUT2D eigenvalue weighted by atomic mass is 9.93. The summed E-state index contributed by atoms with van der Waals surface area (Å²) in [6.45, 7) is 7.36. The van der Waals surface area contributed by atoms with Crippen LogP contribution in [0, 0.1) is 5.92 Å².